The summed E-state index contributed by atoms with van der Waals surface area (Å²) in [6.07, 6.45) is 4.09. The molecule has 0 saturated heterocycles. The zero-order chi connectivity index (χ0) is 18.4. The van der Waals surface area contributed by atoms with Crippen LogP contribution in [0.5, 0.6) is 11.5 Å². The van der Waals surface area contributed by atoms with E-state index in [-0.39, 0.29) is 29.6 Å². The Morgan fingerprint density at radius 1 is 1.20 bits per heavy atom. The minimum absolute atomic E-state index is 0.0190. The molecular formula is C20H28F2O3. The van der Waals surface area contributed by atoms with Crippen molar-refractivity contribution in [2.45, 2.75) is 65.2 Å². The maximum absolute atomic E-state index is 13.3. The fraction of sp³-hybridized carbons (Fsp3) is 0.650. The molecule has 0 radical (unpaired) electrons. The van der Waals surface area contributed by atoms with Crippen molar-refractivity contribution < 1.29 is 23.4 Å². The van der Waals surface area contributed by atoms with Crippen LogP contribution in [0.2, 0.25) is 0 Å². The van der Waals surface area contributed by atoms with Gasteiger partial charge in [-0.2, -0.15) is 0 Å². The summed E-state index contributed by atoms with van der Waals surface area (Å²) in [5.74, 6) is 0.0703. The maximum Gasteiger partial charge on any atom is 0.271 e. The summed E-state index contributed by atoms with van der Waals surface area (Å²) in [7, 11) is 0. The number of benzene rings is 1. The molecule has 1 saturated carbocycles. The molecule has 25 heavy (non-hydrogen) atoms. The number of hydrogen-bond donors (Lipinski definition) is 1. The van der Waals surface area contributed by atoms with Gasteiger partial charge in [0.2, 0.25) is 0 Å². The van der Waals surface area contributed by atoms with Gasteiger partial charge in [0.05, 0.1) is 12.2 Å². The summed E-state index contributed by atoms with van der Waals surface area (Å²) in [5.41, 5.74) is -0.603. The third-order valence-electron chi connectivity index (χ3n) is 5.13. The van der Waals surface area contributed by atoms with Crippen molar-refractivity contribution >= 4 is 5.78 Å². The molecule has 0 aromatic heterocycles. The Hall–Kier alpha value is -1.65. The predicted molar refractivity (Wildman–Crippen MR) is 93.5 cm³/mol. The average molecular weight is 354 g/mol. The quantitative estimate of drug-likeness (QED) is 0.591. The molecule has 1 aliphatic rings. The van der Waals surface area contributed by atoms with Crippen LogP contribution in [0.25, 0.3) is 0 Å². The van der Waals surface area contributed by atoms with Gasteiger partial charge < -0.3 is 9.84 Å². The van der Waals surface area contributed by atoms with Crippen LogP contribution in [0.4, 0.5) is 8.78 Å². The molecule has 0 heterocycles. The van der Waals surface area contributed by atoms with Gasteiger partial charge in [-0.25, -0.2) is 8.78 Å². The molecule has 1 N–H and O–H groups in total. The second kappa shape index (κ2) is 9.16. The number of ether oxygens (including phenoxy) is 1. The molecular weight excluding hydrogens is 326 g/mol. The van der Waals surface area contributed by atoms with Crippen molar-refractivity contribution in [2.24, 2.45) is 11.8 Å². The van der Waals surface area contributed by atoms with Gasteiger partial charge in [-0.15, -0.1) is 0 Å². The van der Waals surface area contributed by atoms with E-state index < -0.39 is 17.7 Å². The van der Waals surface area contributed by atoms with Crippen LogP contribution in [0.3, 0.4) is 0 Å². The number of alkyl halides is 2. The first-order valence-electron chi connectivity index (χ1n) is 9.27. The van der Waals surface area contributed by atoms with Gasteiger partial charge in [0.15, 0.2) is 5.78 Å². The number of carbonyl (C=O) groups excluding carboxylic acids is 1. The average Bonchev–Trinajstić information content (AvgIpc) is 2.57. The van der Waals surface area contributed by atoms with Crippen LogP contribution in [-0.4, -0.2) is 17.5 Å². The lowest BCUT2D eigenvalue weighted by atomic mass is 9.77. The van der Waals surface area contributed by atoms with Gasteiger partial charge in [-0.3, -0.25) is 4.79 Å². The molecule has 0 atom stereocenters. The zero-order valence-corrected chi connectivity index (χ0v) is 15.1. The molecule has 3 nitrogen and oxygen atoms in total. The van der Waals surface area contributed by atoms with E-state index in [0.29, 0.717) is 6.42 Å². The van der Waals surface area contributed by atoms with Crippen molar-refractivity contribution in [2.75, 3.05) is 6.61 Å². The first-order valence-corrected chi connectivity index (χ1v) is 9.27. The van der Waals surface area contributed by atoms with Crippen LogP contribution >= 0.6 is 0 Å². The fourth-order valence-corrected chi connectivity index (χ4v) is 3.81. The molecule has 0 bridgehead atoms. The lowest BCUT2D eigenvalue weighted by Gasteiger charge is -2.28. The smallest absolute Gasteiger partial charge is 0.271 e. The Morgan fingerprint density at radius 2 is 1.84 bits per heavy atom. The van der Waals surface area contributed by atoms with Crippen molar-refractivity contribution in [3.05, 3.63) is 23.3 Å². The van der Waals surface area contributed by atoms with E-state index in [1.807, 2.05) is 0 Å². The minimum Gasteiger partial charge on any atom is -0.507 e. The number of Topliss-reactive ketones (excluding diaryl/α,β-unsaturated/α-hetero) is 1. The number of carbonyl (C=O) groups is 1. The van der Waals surface area contributed by atoms with E-state index in [9.17, 15) is 18.7 Å². The monoisotopic (exact) mass is 354 g/mol. The van der Waals surface area contributed by atoms with Gasteiger partial charge in [-0.05, 0) is 43.7 Å². The van der Waals surface area contributed by atoms with E-state index in [0.717, 1.165) is 31.6 Å². The lowest BCUT2D eigenvalue weighted by molar-refractivity contribution is 0.0937. The van der Waals surface area contributed by atoms with E-state index in [4.69, 9.17) is 4.74 Å². The summed E-state index contributed by atoms with van der Waals surface area (Å²) in [4.78, 5) is 12.5. The van der Waals surface area contributed by atoms with Crippen LogP contribution in [0.1, 0.15) is 81.1 Å². The highest BCUT2D eigenvalue weighted by Gasteiger charge is 2.27. The molecule has 140 valence electrons. The minimum atomic E-state index is -2.89. The Labute approximate surface area is 148 Å². The van der Waals surface area contributed by atoms with Gasteiger partial charge in [0.25, 0.3) is 6.43 Å². The Bertz CT molecular complexity index is 579. The van der Waals surface area contributed by atoms with Crippen molar-refractivity contribution in [3.63, 3.8) is 0 Å². The summed E-state index contributed by atoms with van der Waals surface area (Å²) in [6.45, 7) is 4.08. The van der Waals surface area contributed by atoms with Crippen LogP contribution in [-0.2, 0) is 0 Å². The summed E-state index contributed by atoms with van der Waals surface area (Å²) >= 11 is 0. The van der Waals surface area contributed by atoms with Crippen LogP contribution < -0.4 is 4.74 Å². The van der Waals surface area contributed by atoms with Gasteiger partial charge in [-0.1, -0.05) is 32.6 Å². The third kappa shape index (κ3) is 4.93. The highest BCUT2D eigenvalue weighted by molar-refractivity contribution is 5.99. The number of phenolic OH excluding ortho intramolecular Hbond substituents is 1. The molecule has 1 aromatic carbocycles. The largest absolute Gasteiger partial charge is 0.507 e. The first-order chi connectivity index (χ1) is 12.0. The Kier molecular flexibility index (Phi) is 7.21. The zero-order valence-electron chi connectivity index (χ0n) is 15.1. The summed E-state index contributed by atoms with van der Waals surface area (Å²) in [6, 6.07) is 2.76. The number of halogens is 2. The number of phenols is 1. The van der Waals surface area contributed by atoms with Crippen molar-refractivity contribution in [1.82, 2.24) is 0 Å². The summed E-state index contributed by atoms with van der Waals surface area (Å²) in [5, 5.41) is 10.2. The first kappa shape index (κ1) is 19.7. The maximum atomic E-state index is 13.3. The molecule has 1 aliphatic carbocycles. The molecule has 5 heteroatoms. The van der Waals surface area contributed by atoms with Gasteiger partial charge in [0.1, 0.15) is 17.1 Å². The van der Waals surface area contributed by atoms with Crippen molar-refractivity contribution in [3.8, 4) is 11.5 Å². The Morgan fingerprint density at radius 3 is 2.40 bits per heavy atom. The second-order valence-corrected chi connectivity index (χ2v) is 6.91. The number of hydrogen-bond acceptors (Lipinski definition) is 3. The second-order valence-electron chi connectivity index (χ2n) is 6.91. The predicted octanol–water partition coefficient (Wildman–Crippen LogP) is 5.91. The topological polar surface area (TPSA) is 46.5 Å². The van der Waals surface area contributed by atoms with Gasteiger partial charge >= 0.3 is 0 Å². The van der Waals surface area contributed by atoms with Crippen LogP contribution in [0.15, 0.2) is 12.1 Å². The standard InChI is InChI=1S/C20H28F2O3/c1-3-5-13-6-8-14(9-7-13)12-16(23)15-10-11-17(25-4-2)18(19(15)24)20(21)22/h10-11,13-14,20,24H,3-9,12H2,1-2H3. The normalized spacial score (nSPS) is 20.7. The molecule has 0 amide bonds. The molecule has 2 rings (SSSR count). The van der Waals surface area contributed by atoms with E-state index in [2.05, 4.69) is 6.92 Å². The molecule has 0 aliphatic heterocycles. The summed E-state index contributed by atoms with van der Waals surface area (Å²) < 4.78 is 31.7. The molecule has 0 unspecified atom stereocenters. The molecule has 0 spiro atoms. The van der Waals surface area contributed by atoms with E-state index >= 15 is 0 Å². The van der Waals surface area contributed by atoms with E-state index in [1.54, 1.807) is 6.92 Å². The van der Waals surface area contributed by atoms with Gasteiger partial charge in [0, 0.05) is 6.42 Å². The third-order valence-corrected chi connectivity index (χ3v) is 5.13. The highest BCUT2D eigenvalue weighted by atomic mass is 19.3. The number of rotatable bonds is 8. The number of ketones is 1. The Balaban J connectivity index is 2.08. The SMILES string of the molecule is CCCC1CCC(CC(=O)c2ccc(OCC)c(C(F)F)c2O)CC1. The molecule has 1 aromatic rings. The fourth-order valence-electron chi connectivity index (χ4n) is 3.81. The number of aromatic hydroxyl groups is 1. The van der Waals surface area contributed by atoms with Crippen LogP contribution in [0, 0.1) is 11.8 Å². The molecule has 1 fully saturated rings. The lowest BCUT2D eigenvalue weighted by Crippen LogP contribution is -2.17. The van der Waals surface area contributed by atoms with E-state index in [1.165, 1.54) is 25.0 Å². The highest BCUT2D eigenvalue weighted by Crippen LogP contribution is 2.40. The van der Waals surface area contributed by atoms with Crippen molar-refractivity contribution in [1.29, 1.82) is 0 Å².